The fraction of sp³-hybridized carbons (Fsp3) is 0.500. The van der Waals surface area contributed by atoms with E-state index < -0.39 is 0 Å². The van der Waals surface area contributed by atoms with Gasteiger partial charge in [-0.25, -0.2) is 0 Å². The summed E-state index contributed by atoms with van der Waals surface area (Å²) in [5.74, 6) is 0.772. The van der Waals surface area contributed by atoms with E-state index in [1.165, 1.54) is 0 Å². The van der Waals surface area contributed by atoms with Gasteiger partial charge in [0.25, 0.3) is 0 Å². The number of carbonyl (C=O) groups excluding carboxylic acids is 1. The molecule has 4 heteroatoms. The highest BCUT2D eigenvalue weighted by molar-refractivity contribution is 5.81. The predicted octanol–water partition coefficient (Wildman–Crippen LogP) is 2.05. The molecule has 1 aliphatic rings. The van der Waals surface area contributed by atoms with Crippen molar-refractivity contribution in [3.63, 3.8) is 0 Å². The van der Waals surface area contributed by atoms with E-state index in [1.807, 2.05) is 31.2 Å². The monoisotopic (exact) mass is 249 g/mol. The Morgan fingerprint density at radius 2 is 2.39 bits per heavy atom. The number of hydrogen-bond acceptors (Lipinski definition) is 3. The minimum atomic E-state index is -0.280. The van der Waals surface area contributed by atoms with Crippen molar-refractivity contribution in [1.82, 2.24) is 5.32 Å². The average Bonchev–Trinajstić information content (AvgIpc) is 2.92. The van der Waals surface area contributed by atoms with Crippen LogP contribution in [-0.4, -0.2) is 25.7 Å². The summed E-state index contributed by atoms with van der Waals surface area (Å²) >= 11 is 0. The quantitative estimate of drug-likeness (QED) is 0.888. The third-order valence-electron chi connectivity index (χ3n) is 3.17. The Labute approximate surface area is 107 Å². The van der Waals surface area contributed by atoms with Crippen molar-refractivity contribution in [1.29, 1.82) is 0 Å². The van der Waals surface area contributed by atoms with Crippen molar-refractivity contribution in [2.75, 3.05) is 13.7 Å². The van der Waals surface area contributed by atoms with Gasteiger partial charge in [-0.05, 0) is 37.5 Å². The minimum absolute atomic E-state index is 0.0252. The zero-order valence-electron chi connectivity index (χ0n) is 10.8. The molecule has 1 fully saturated rings. The molecule has 1 N–H and O–H groups in total. The highest BCUT2D eigenvalue weighted by Crippen LogP contribution is 2.20. The second-order valence-electron chi connectivity index (χ2n) is 4.51. The Bertz CT molecular complexity index is 413. The molecule has 0 radical (unpaired) electrons. The predicted molar refractivity (Wildman–Crippen MR) is 68.5 cm³/mol. The van der Waals surface area contributed by atoms with Crippen molar-refractivity contribution in [3.8, 4) is 5.75 Å². The van der Waals surface area contributed by atoms with Crippen LogP contribution in [0.5, 0.6) is 5.75 Å². The summed E-state index contributed by atoms with van der Waals surface area (Å²) in [5.41, 5.74) is 1.03. The van der Waals surface area contributed by atoms with Gasteiger partial charge in [0.15, 0.2) is 0 Å². The first-order chi connectivity index (χ1) is 8.70. The number of rotatable bonds is 4. The van der Waals surface area contributed by atoms with Gasteiger partial charge in [0.1, 0.15) is 11.9 Å². The van der Waals surface area contributed by atoms with E-state index in [4.69, 9.17) is 9.47 Å². The molecule has 2 rings (SSSR count). The number of methoxy groups -OCH3 is 1. The average molecular weight is 249 g/mol. The minimum Gasteiger partial charge on any atom is -0.497 e. The Hall–Kier alpha value is -1.55. The smallest absolute Gasteiger partial charge is 0.249 e. The van der Waals surface area contributed by atoms with Gasteiger partial charge >= 0.3 is 0 Å². The first kappa shape index (κ1) is 12.9. The molecule has 0 bridgehead atoms. The standard InChI is InChI=1S/C14H19NO3/c1-10(11-5-3-6-12(9-11)17-2)15-14(16)13-7-4-8-18-13/h3,5-6,9-10,13H,4,7-8H2,1-2H3,(H,15,16)/t10-,13-/m1/s1. The van der Waals surface area contributed by atoms with Gasteiger partial charge in [0.05, 0.1) is 13.2 Å². The molecule has 2 atom stereocenters. The molecular formula is C14H19NO3. The SMILES string of the molecule is COc1cccc([C@@H](C)NC(=O)[C@H]2CCCO2)c1. The molecule has 0 aliphatic carbocycles. The summed E-state index contributed by atoms with van der Waals surface area (Å²) in [4.78, 5) is 11.9. The van der Waals surface area contributed by atoms with Gasteiger partial charge in [-0.3, -0.25) is 4.79 Å². The lowest BCUT2D eigenvalue weighted by Crippen LogP contribution is -2.35. The van der Waals surface area contributed by atoms with Gasteiger partial charge in [-0.2, -0.15) is 0 Å². The summed E-state index contributed by atoms with van der Waals surface area (Å²) < 4.78 is 10.5. The van der Waals surface area contributed by atoms with Crippen molar-refractivity contribution < 1.29 is 14.3 Å². The lowest BCUT2D eigenvalue weighted by Gasteiger charge is -2.17. The van der Waals surface area contributed by atoms with Crippen LogP contribution in [-0.2, 0) is 9.53 Å². The maximum Gasteiger partial charge on any atom is 0.249 e. The Morgan fingerprint density at radius 1 is 1.56 bits per heavy atom. The fourth-order valence-electron chi connectivity index (χ4n) is 2.08. The first-order valence-corrected chi connectivity index (χ1v) is 6.26. The van der Waals surface area contributed by atoms with E-state index in [0.29, 0.717) is 6.61 Å². The van der Waals surface area contributed by atoms with Crippen molar-refractivity contribution in [3.05, 3.63) is 29.8 Å². The van der Waals surface area contributed by atoms with Crippen LogP contribution in [0.15, 0.2) is 24.3 Å². The summed E-state index contributed by atoms with van der Waals surface area (Å²) in [5, 5.41) is 2.97. The molecule has 1 aliphatic heterocycles. The lowest BCUT2D eigenvalue weighted by atomic mass is 10.1. The second-order valence-corrected chi connectivity index (χ2v) is 4.51. The molecule has 18 heavy (non-hydrogen) atoms. The molecule has 0 spiro atoms. The fourth-order valence-corrected chi connectivity index (χ4v) is 2.08. The maximum atomic E-state index is 11.9. The normalized spacial score (nSPS) is 20.4. The van der Waals surface area contributed by atoms with Crippen LogP contribution in [0.1, 0.15) is 31.4 Å². The molecule has 98 valence electrons. The van der Waals surface area contributed by atoms with Crippen molar-refractivity contribution >= 4 is 5.91 Å². The molecule has 0 aromatic heterocycles. The third-order valence-corrected chi connectivity index (χ3v) is 3.17. The van der Waals surface area contributed by atoms with Gasteiger partial charge < -0.3 is 14.8 Å². The molecule has 1 aromatic rings. The van der Waals surface area contributed by atoms with Crippen LogP contribution >= 0.6 is 0 Å². The van der Waals surface area contributed by atoms with E-state index in [9.17, 15) is 4.79 Å². The van der Waals surface area contributed by atoms with Crippen molar-refractivity contribution in [2.24, 2.45) is 0 Å². The number of amides is 1. The van der Waals surface area contributed by atoms with E-state index in [0.717, 1.165) is 24.2 Å². The lowest BCUT2D eigenvalue weighted by molar-refractivity contribution is -0.130. The summed E-state index contributed by atoms with van der Waals surface area (Å²) in [6.07, 6.45) is 1.50. The Kier molecular flexibility index (Phi) is 4.20. The number of benzene rings is 1. The zero-order chi connectivity index (χ0) is 13.0. The molecule has 1 aromatic carbocycles. The second kappa shape index (κ2) is 5.87. The highest BCUT2D eigenvalue weighted by atomic mass is 16.5. The largest absolute Gasteiger partial charge is 0.497 e. The van der Waals surface area contributed by atoms with Crippen molar-refractivity contribution in [2.45, 2.75) is 31.9 Å². The van der Waals surface area contributed by atoms with Crippen LogP contribution in [0.2, 0.25) is 0 Å². The Morgan fingerprint density at radius 3 is 3.06 bits per heavy atom. The number of ether oxygens (including phenoxy) is 2. The van der Waals surface area contributed by atoms with E-state index >= 15 is 0 Å². The molecule has 0 unspecified atom stereocenters. The van der Waals surface area contributed by atoms with Crippen LogP contribution in [0.25, 0.3) is 0 Å². The third kappa shape index (κ3) is 3.01. The molecule has 1 saturated heterocycles. The highest BCUT2D eigenvalue weighted by Gasteiger charge is 2.24. The van der Waals surface area contributed by atoms with Crippen LogP contribution in [0, 0.1) is 0 Å². The molecule has 1 heterocycles. The number of hydrogen-bond donors (Lipinski definition) is 1. The van der Waals surface area contributed by atoms with Gasteiger partial charge in [-0.1, -0.05) is 12.1 Å². The number of nitrogens with one attached hydrogen (secondary N) is 1. The zero-order valence-corrected chi connectivity index (χ0v) is 10.8. The molecular weight excluding hydrogens is 230 g/mol. The Balaban J connectivity index is 1.97. The van der Waals surface area contributed by atoms with Gasteiger partial charge in [-0.15, -0.1) is 0 Å². The molecule has 4 nitrogen and oxygen atoms in total. The number of carbonyl (C=O) groups is 1. The van der Waals surface area contributed by atoms with Crippen LogP contribution < -0.4 is 10.1 Å². The summed E-state index contributed by atoms with van der Waals surface area (Å²) in [7, 11) is 1.63. The van der Waals surface area contributed by atoms with Gasteiger partial charge in [0, 0.05) is 6.61 Å². The maximum absolute atomic E-state index is 11.9. The topological polar surface area (TPSA) is 47.6 Å². The van der Waals surface area contributed by atoms with E-state index in [1.54, 1.807) is 7.11 Å². The molecule has 1 amide bonds. The van der Waals surface area contributed by atoms with Crippen LogP contribution in [0.3, 0.4) is 0 Å². The summed E-state index contributed by atoms with van der Waals surface area (Å²) in [6, 6.07) is 7.67. The van der Waals surface area contributed by atoms with Gasteiger partial charge in [0.2, 0.25) is 5.91 Å². The first-order valence-electron chi connectivity index (χ1n) is 6.26. The summed E-state index contributed by atoms with van der Waals surface area (Å²) in [6.45, 7) is 2.65. The van der Waals surface area contributed by atoms with Crippen LogP contribution in [0.4, 0.5) is 0 Å². The molecule has 0 saturated carbocycles. The van der Waals surface area contributed by atoms with E-state index in [2.05, 4.69) is 5.32 Å². The van der Waals surface area contributed by atoms with E-state index in [-0.39, 0.29) is 18.1 Å².